The molecule has 0 atom stereocenters. The predicted octanol–water partition coefficient (Wildman–Crippen LogP) is 2.89. The van der Waals surface area contributed by atoms with Crippen molar-refractivity contribution in [1.29, 1.82) is 0 Å². The molecule has 98 valence electrons. The van der Waals surface area contributed by atoms with E-state index in [1.807, 2.05) is 30.3 Å². The SMILES string of the molecule is CC(c1ncccc1O)=[N+](Cl)OCc1ccccc1. The Balaban J connectivity index is 2.12. The fraction of sp³-hybridized carbons (Fsp3) is 0.143. The molecule has 0 fully saturated rings. The Morgan fingerprint density at radius 2 is 2.00 bits per heavy atom. The number of halogens is 1. The first-order valence-electron chi connectivity index (χ1n) is 5.79. The van der Waals surface area contributed by atoms with Gasteiger partial charge in [0, 0.05) is 13.1 Å². The van der Waals surface area contributed by atoms with Gasteiger partial charge >= 0.3 is 11.8 Å². The molecule has 1 N–H and O–H groups in total. The second kappa shape index (κ2) is 6.20. The monoisotopic (exact) mass is 277 g/mol. The zero-order valence-corrected chi connectivity index (χ0v) is 11.2. The molecular formula is C14H14ClN2O2+. The van der Waals surface area contributed by atoms with Crippen LogP contribution >= 0.6 is 11.8 Å². The highest BCUT2D eigenvalue weighted by Gasteiger charge is 2.18. The highest BCUT2D eigenvalue weighted by Crippen LogP contribution is 2.14. The van der Waals surface area contributed by atoms with E-state index in [-0.39, 0.29) is 5.75 Å². The molecule has 1 heterocycles. The Bertz CT molecular complexity index is 585. The van der Waals surface area contributed by atoms with E-state index in [1.165, 1.54) is 0 Å². The molecule has 0 aliphatic carbocycles. The normalized spacial score (nSPS) is 11.9. The van der Waals surface area contributed by atoms with Crippen molar-refractivity contribution in [2.24, 2.45) is 0 Å². The number of pyridine rings is 1. The number of nitrogens with zero attached hydrogens (tertiary/aromatic N) is 2. The molecule has 4 nitrogen and oxygen atoms in total. The van der Waals surface area contributed by atoms with E-state index in [2.05, 4.69) is 4.98 Å². The minimum Gasteiger partial charge on any atom is -0.505 e. The molecule has 5 heteroatoms. The van der Waals surface area contributed by atoms with Gasteiger partial charge in [-0.05, 0) is 17.7 Å². The molecule has 0 radical (unpaired) electrons. The molecule has 2 rings (SSSR count). The van der Waals surface area contributed by atoms with Crippen LogP contribution in [0.2, 0.25) is 0 Å². The van der Waals surface area contributed by atoms with Crippen LogP contribution in [0.4, 0.5) is 0 Å². The lowest BCUT2D eigenvalue weighted by atomic mass is 10.2. The standard InChI is InChI=1S/C14H13ClN2O2/c1-11(14-13(18)8-5-9-16-14)17(15)19-10-12-6-3-2-4-7-12/h2-9H,10H2,1H3/p+1. The summed E-state index contributed by atoms with van der Waals surface area (Å²) in [6, 6.07) is 12.9. The summed E-state index contributed by atoms with van der Waals surface area (Å²) >= 11 is 6.01. The Labute approximate surface area is 116 Å². The zero-order valence-electron chi connectivity index (χ0n) is 10.5. The van der Waals surface area contributed by atoms with Crippen molar-refractivity contribution in [2.75, 3.05) is 0 Å². The van der Waals surface area contributed by atoms with Crippen LogP contribution in [-0.2, 0) is 11.4 Å². The van der Waals surface area contributed by atoms with E-state index < -0.39 is 0 Å². The topological polar surface area (TPSA) is 45.4 Å². The lowest BCUT2D eigenvalue weighted by Gasteiger charge is -2.01. The maximum Gasteiger partial charge on any atom is 0.319 e. The largest absolute Gasteiger partial charge is 0.505 e. The van der Waals surface area contributed by atoms with Crippen LogP contribution in [0.5, 0.6) is 5.75 Å². The Morgan fingerprint density at radius 3 is 2.68 bits per heavy atom. The molecule has 0 saturated heterocycles. The third-order valence-corrected chi connectivity index (χ3v) is 2.93. The number of hydrogen-bond donors (Lipinski definition) is 1. The fourth-order valence-corrected chi connectivity index (χ4v) is 1.69. The zero-order chi connectivity index (χ0) is 13.7. The van der Waals surface area contributed by atoms with Crippen LogP contribution in [0.1, 0.15) is 18.2 Å². The van der Waals surface area contributed by atoms with Gasteiger partial charge in [-0.3, -0.25) is 4.84 Å². The summed E-state index contributed by atoms with van der Waals surface area (Å²) in [7, 11) is 0. The van der Waals surface area contributed by atoms with Gasteiger partial charge in [-0.25, -0.2) is 4.98 Å². The van der Waals surface area contributed by atoms with Gasteiger partial charge in [0.15, 0.2) is 12.3 Å². The molecule has 0 bridgehead atoms. The third kappa shape index (κ3) is 3.45. The van der Waals surface area contributed by atoms with Gasteiger partial charge in [-0.1, -0.05) is 30.3 Å². The molecule has 0 amide bonds. The number of benzene rings is 1. The van der Waals surface area contributed by atoms with Gasteiger partial charge in [0.25, 0.3) is 5.71 Å². The summed E-state index contributed by atoms with van der Waals surface area (Å²) < 4.78 is 1.09. The van der Waals surface area contributed by atoms with E-state index in [4.69, 9.17) is 16.6 Å². The maximum absolute atomic E-state index is 9.69. The van der Waals surface area contributed by atoms with E-state index in [0.717, 1.165) is 9.82 Å². The molecule has 1 aromatic carbocycles. The first-order valence-corrected chi connectivity index (χ1v) is 6.13. The number of rotatable bonds is 4. The van der Waals surface area contributed by atoms with Crippen LogP contribution < -0.4 is 0 Å². The second-order valence-electron chi connectivity index (χ2n) is 3.96. The highest BCUT2D eigenvalue weighted by molar-refractivity contribution is 6.10. The number of hydrogen-bond acceptors (Lipinski definition) is 3. The third-order valence-electron chi connectivity index (χ3n) is 2.58. The Kier molecular flexibility index (Phi) is 4.36. The lowest BCUT2D eigenvalue weighted by Crippen LogP contribution is -2.13. The minimum atomic E-state index is 0.0639. The van der Waals surface area contributed by atoms with Gasteiger partial charge in [0.05, 0.1) is 4.26 Å². The lowest BCUT2D eigenvalue weighted by molar-refractivity contribution is -0.688. The van der Waals surface area contributed by atoms with Crippen LogP contribution in [0.15, 0.2) is 48.7 Å². The van der Waals surface area contributed by atoms with Gasteiger partial charge in [-0.2, -0.15) is 0 Å². The van der Waals surface area contributed by atoms with Crippen molar-refractivity contribution in [2.45, 2.75) is 13.5 Å². The smallest absolute Gasteiger partial charge is 0.319 e. The average molecular weight is 278 g/mol. The van der Waals surface area contributed by atoms with Crippen LogP contribution in [-0.4, -0.2) is 20.1 Å². The van der Waals surface area contributed by atoms with E-state index in [1.54, 1.807) is 25.3 Å². The van der Waals surface area contributed by atoms with Crippen molar-refractivity contribution in [3.8, 4) is 5.75 Å². The van der Waals surface area contributed by atoms with E-state index in [9.17, 15) is 5.11 Å². The fourth-order valence-electron chi connectivity index (χ4n) is 1.56. The minimum absolute atomic E-state index is 0.0639. The van der Waals surface area contributed by atoms with Crippen LogP contribution in [0.25, 0.3) is 0 Å². The highest BCUT2D eigenvalue weighted by atomic mass is 35.5. The van der Waals surface area contributed by atoms with Crippen molar-refractivity contribution in [3.63, 3.8) is 0 Å². The van der Waals surface area contributed by atoms with E-state index >= 15 is 0 Å². The summed E-state index contributed by atoms with van der Waals surface area (Å²) in [6.07, 6.45) is 1.58. The molecular weight excluding hydrogens is 264 g/mol. The summed E-state index contributed by atoms with van der Waals surface area (Å²) in [6.45, 7) is 2.06. The van der Waals surface area contributed by atoms with Crippen molar-refractivity contribution >= 4 is 17.5 Å². The van der Waals surface area contributed by atoms with Crippen molar-refractivity contribution in [3.05, 3.63) is 59.9 Å². The Hall–Kier alpha value is -2.07. The second-order valence-corrected chi connectivity index (χ2v) is 4.27. The van der Waals surface area contributed by atoms with Crippen molar-refractivity contribution < 1.29 is 14.2 Å². The summed E-state index contributed by atoms with van der Waals surface area (Å²) in [4.78, 5) is 9.47. The van der Waals surface area contributed by atoms with Crippen molar-refractivity contribution in [1.82, 2.24) is 4.98 Å². The molecule has 0 spiro atoms. The molecule has 19 heavy (non-hydrogen) atoms. The van der Waals surface area contributed by atoms with Crippen LogP contribution in [0, 0.1) is 0 Å². The predicted molar refractivity (Wildman–Crippen MR) is 73.0 cm³/mol. The molecule has 0 saturated carbocycles. The van der Waals surface area contributed by atoms with Gasteiger partial charge < -0.3 is 5.11 Å². The van der Waals surface area contributed by atoms with Crippen LogP contribution in [0.3, 0.4) is 0 Å². The molecule has 1 aromatic heterocycles. The summed E-state index contributed by atoms with van der Waals surface area (Å²) in [5.41, 5.74) is 1.92. The first kappa shape index (κ1) is 13.4. The first-order chi connectivity index (χ1) is 9.18. The number of aromatic hydroxyl groups is 1. The van der Waals surface area contributed by atoms with Gasteiger partial charge in [-0.15, -0.1) is 0 Å². The average Bonchev–Trinajstić information content (AvgIpc) is 2.45. The summed E-state index contributed by atoms with van der Waals surface area (Å²) in [5.74, 6) is 0.0639. The molecule has 0 aliphatic rings. The van der Waals surface area contributed by atoms with Gasteiger partial charge in [0.1, 0.15) is 5.75 Å². The van der Waals surface area contributed by atoms with Gasteiger partial charge in [0.2, 0.25) is 0 Å². The quantitative estimate of drug-likeness (QED) is 0.531. The molecule has 2 aromatic rings. The number of aromatic nitrogens is 1. The maximum atomic E-state index is 9.69. The molecule has 0 unspecified atom stereocenters. The van der Waals surface area contributed by atoms with E-state index in [0.29, 0.717) is 18.0 Å². The molecule has 0 aliphatic heterocycles. The summed E-state index contributed by atoms with van der Waals surface area (Å²) in [5, 5.41) is 9.69. The Morgan fingerprint density at radius 1 is 1.26 bits per heavy atom.